The molecule has 1 aliphatic heterocycles. The third-order valence-electron chi connectivity index (χ3n) is 2.58. The minimum atomic E-state index is -0.282. The quantitative estimate of drug-likeness (QED) is 0.863. The highest BCUT2D eigenvalue weighted by molar-refractivity contribution is 5.95. The second kappa shape index (κ2) is 7.20. The van der Waals surface area contributed by atoms with Crippen molar-refractivity contribution in [3.05, 3.63) is 24.3 Å². The van der Waals surface area contributed by atoms with Crippen LogP contribution in [0.15, 0.2) is 24.3 Å². The first kappa shape index (κ1) is 14.8. The van der Waals surface area contributed by atoms with Crippen molar-refractivity contribution in [2.75, 3.05) is 32.2 Å². The fourth-order valence-electron chi connectivity index (χ4n) is 1.66. The average molecular weight is 273 g/mol. The fourth-order valence-corrected chi connectivity index (χ4v) is 1.66. The van der Waals surface area contributed by atoms with Gasteiger partial charge in [0.2, 0.25) is 5.91 Å². The number of carbonyl (C=O) groups is 1. The number of anilines is 1. The third kappa shape index (κ3) is 3.87. The van der Waals surface area contributed by atoms with Crippen LogP contribution in [-0.4, -0.2) is 38.8 Å². The molecule has 6 heteroatoms. The number of hydrogen-bond donors (Lipinski definition) is 2. The highest BCUT2D eigenvalue weighted by atomic mass is 35.5. The second-order valence-electron chi connectivity index (χ2n) is 3.80. The van der Waals surface area contributed by atoms with Gasteiger partial charge in [-0.3, -0.25) is 4.79 Å². The van der Waals surface area contributed by atoms with E-state index in [1.165, 1.54) is 0 Å². The second-order valence-corrected chi connectivity index (χ2v) is 3.80. The van der Waals surface area contributed by atoms with Crippen molar-refractivity contribution in [3.8, 4) is 5.75 Å². The maximum atomic E-state index is 11.9. The Morgan fingerprint density at radius 1 is 1.56 bits per heavy atom. The average Bonchev–Trinajstić information content (AvgIpc) is 2.40. The minimum absolute atomic E-state index is 0. The number of morpholine rings is 1. The molecule has 1 saturated heterocycles. The Balaban J connectivity index is 0.00000162. The Labute approximate surface area is 112 Å². The number of halogens is 1. The molecule has 1 aromatic carbocycles. The van der Waals surface area contributed by atoms with Crippen LogP contribution in [0.5, 0.6) is 5.75 Å². The van der Waals surface area contributed by atoms with E-state index in [1.807, 2.05) is 18.2 Å². The first-order chi connectivity index (χ1) is 8.29. The molecule has 0 saturated carbocycles. The molecule has 18 heavy (non-hydrogen) atoms. The van der Waals surface area contributed by atoms with Crippen molar-refractivity contribution in [1.82, 2.24) is 5.32 Å². The summed E-state index contributed by atoms with van der Waals surface area (Å²) < 4.78 is 10.3. The lowest BCUT2D eigenvalue weighted by atomic mass is 10.2. The molecular weight excluding hydrogens is 256 g/mol. The Morgan fingerprint density at radius 3 is 3.06 bits per heavy atom. The van der Waals surface area contributed by atoms with E-state index in [0.29, 0.717) is 19.8 Å². The van der Waals surface area contributed by atoms with Gasteiger partial charge in [0, 0.05) is 18.3 Å². The number of carbonyl (C=O) groups excluding carboxylic acids is 1. The molecule has 2 N–H and O–H groups in total. The van der Waals surface area contributed by atoms with E-state index in [0.717, 1.165) is 11.4 Å². The van der Waals surface area contributed by atoms with Crippen LogP contribution >= 0.6 is 12.4 Å². The molecule has 100 valence electrons. The number of methoxy groups -OCH3 is 1. The molecule has 0 aliphatic carbocycles. The van der Waals surface area contributed by atoms with E-state index in [9.17, 15) is 4.79 Å². The molecule has 1 unspecified atom stereocenters. The topological polar surface area (TPSA) is 59.6 Å². The van der Waals surface area contributed by atoms with Crippen LogP contribution in [0.1, 0.15) is 0 Å². The predicted octanol–water partition coefficient (Wildman–Crippen LogP) is 1.04. The standard InChI is InChI=1S/C12H16N2O3.ClH/c1-16-10-4-2-3-9(7-10)14-12(15)11-8-17-6-5-13-11;/h2-4,7,11,13H,5-6,8H2,1H3,(H,14,15);1H. The van der Waals surface area contributed by atoms with Crippen LogP contribution in [0.25, 0.3) is 0 Å². The fraction of sp³-hybridized carbons (Fsp3) is 0.417. The van der Waals surface area contributed by atoms with Gasteiger partial charge in [-0.1, -0.05) is 6.07 Å². The van der Waals surface area contributed by atoms with E-state index < -0.39 is 0 Å². The molecule has 2 rings (SSSR count). The van der Waals surface area contributed by atoms with Gasteiger partial charge in [-0.2, -0.15) is 0 Å². The van der Waals surface area contributed by atoms with E-state index >= 15 is 0 Å². The Hall–Kier alpha value is -1.30. The Bertz CT molecular complexity index is 395. The van der Waals surface area contributed by atoms with Crippen LogP contribution in [0.3, 0.4) is 0 Å². The Morgan fingerprint density at radius 2 is 2.39 bits per heavy atom. The molecule has 0 bridgehead atoms. The number of hydrogen-bond acceptors (Lipinski definition) is 4. The summed E-state index contributed by atoms with van der Waals surface area (Å²) in [4.78, 5) is 11.9. The van der Waals surface area contributed by atoms with Gasteiger partial charge in [0.15, 0.2) is 0 Å². The Kier molecular flexibility index (Phi) is 5.91. The summed E-state index contributed by atoms with van der Waals surface area (Å²) in [5, 5.41) is 5.92. The van der Waals surface area contributed by atoms with Crippen molar-refractivity contribution in [1.29, 1.82) is 0 Å². The molecule has 0 spiro atoms. The van der Waals surface area contributed by atoms with Gasteiger partial charge in [0.05, 0.1) is 20.3 Å². The largest absolute Gasteiger partial charge is 0.497 e. The molecule has 5 nitrogen and oxygen atoms in total. The van der Waals surface area contributed by atoms with Crippen LogP contribution in [0.4, 0.5) is 5.69 Å². The van der Waals surface area contributed by atoms with Crippen molar-refractivity contribution in [2.45, 2.75) is 6.04 Å². The first-order valence-electron chi connectivity index (χ1n) is 5.55. The lowest BCUT2D eigenvalue weighted by molar-refractivity contribution is -0.120. The van der Waals surface area contributed by atoms with E-state index in [-0.39, 0.29) is 24.4 Å². The molecule has 1 amide bonds. The predicted molar refractivity (Wildman–Crippen MR) is 71.5 cm³/mol. The van der Waals surface area contributed by atoms with E-state index in [1.54, 1.807) is 13.2 Å². The number of amides is 1. The van der Waals surface area contributed by atoms with Gasteiger partial charge in [0.1, 0.15) is 11.8 Å². The summed E-state index contributed by atoms with van der Waals surface area (Å²) in [6, 6.07) is 6.98. The van der Waals surface area contributed by atoms with Gasteiger partial charge >= 0.3 is 0 Å². The van der Waals surface area contributed by atoms with Gasteiger partial charge in [-0.25, -0.2) is 0 Å². The van der Waals surface area contributed by atoms with E-state index in [4.69, 9.17) is 9.47 Å². The zero-order valence-electron chi connectivity index (χ0n) is 10.1. The van der Waals surface area contributed by atoms with Crippen LogP contribution < -0.4 is 15.4 Å². The minimum Gasteiger partial charge on any atom is -0.497 e. The maximum absolute atomic E-state index is 11.9. The number of nitrogens with one attached hydrogen (secondary N) is 2. The molecular formula is C12H17ClN2O3. The lowest BCUT2D eigenvalue weighted by Gasteiger charge is -2.22. The lowest BCUT2D eigenvalue weighted by Crippen LogP contribution is -2.48. The van der Waals surface area contributed by atoms with Gasteiger partial charge < -0.3 is 20.1 Å². The summed E-state index contributed by atoms with van der Waals surface area (Å²) in [7, 11) is 1.59. The van der Waals surface area contributed by atoms with Gasteiger partial charge in [-0.15, -0.1) is 12.4 Å². The summed E-state index contributed by atoms with van der Waals surface area (Å²) in [6.45, 7) is 1.77. The third-order valence-corrected chi connectivity index (χ3v) is 2.58. The smallest absolute Gasteiger partial charge is 0.243 e. The number of ether oxygens (including phenoxy) is 2. The molecule has 1 aromatic rings. The normalized spacial score (nSPS) is 18.6. The number of rotatable bonds is 3. The molecule has 1 atom stereocenters. The zero-order valence-corrected chi connectivity index (χ0v) is 11.0. The zero-order chi connectivity index (χ0) is 12.1. The summed E-state index contributed by atoms with van der Waals surface area (Å²) in [5.41, 5.74) is 0.724. The maximum Gasteiger partial charge on any atom is 0.243 e. The van der Waals surface area contributed by atoms with Crippen molar-refractivity contribution in [3.63, 3.8) is 0 Å². The molecule has 0 radical (unpaired) electrons. The molecule has 0 aromatic heterocycles. The molecule has 1 heterocycles. The van der Waals surface area contributed by atoms with Crippen molar-refractivity contribution in [2.24, 2.45) is 0 Å². The van der Waals surface area contributed by atoms with Crippen LogP contribution in [0, 0.1) is 0 Å². The molecule has 1 aliphatic rings. The number of benzene rings is 1. The van der Waals surface area contributed by atoms with Crippen LogP contribution in [-0.2, 0) is 9.53 Å². The first-order valence-corrected chi connectivity index (χ1v) is 5.55. The molecule has 1 fully saturated rings. The van der Waals surface area contributed by atoms with Crippen molar-refractivity contribution >= 4 is 24.0 Å². The highest BCUT2D eigenvalue weighted by Crippen LogP contribution is 2.16. The SMILES string of the molecule is COc1cccc(NC(=O)C2COCCN2)c1.Cl. The van der Waals surface area contributed by atoms with Gasteiger partial charge in [-0.05, 0) is 12.1 Å². The summed E-state index contributed by atoms with van der Waals surface area (Å²) in [5.74, 6) is 0.633. The van der Waals surface area contributed by atoms with Crippen LogP contribution in [0.2, 0.25) is 0 Å². The van der Waals surface area contributed by atoms with Gasteiger partial charge in [0.25, 0.3) is 0 Å². The van der Waals surface area contributed by atoms with E-state index in [2.05, 4.69) is 10.6 Å². The monoisotopic (exact) mass is 272 g/mol. The summed E-state index contributed by atoms with van der Waals surface area (Å²) >= 11 is 0. The highest BCUT2D eigenvalue weighted by Gasteiger charge is 2.21. The summed E-state index contributed by atoms with van der Waals surface area (Å²) in [6.07, 6.45) is 0. The van der Waals surface area contributed by atoms with Crippen molar-refractivity contribution < 1.29 is 14.3 Å².